The van der Waals surface area contributed by atoms with Crippen LogP contribution in [-0.2, 0) is 9.84 Å². The van der Waals surface area contributed by atoms with Crippen molar-refractivity contribution in [3.05, 3.63) is 29.3 Å². The molecule has 1 aromatic rings. The van der Waals surface area contributed by atoms with Crippen molar-refractivity contribution in [3.63, 3.8) is 0 Å². The van der Waals surface area contributed by atoms with Crippen molar-refractivity contribution < 1.29 is 18.3 Å². The van der Waals surface area contributed by atoms with Crippen molar-refractivity contribution in [1.29, 1.82) is 0 Å². The fourth-order valence-corrected chi connectivity index (χ4v) is 4.45. The average Bonchev–Trinajstić information content (AvgIpc) is 2.52. The molecule has 0 saturated carbocycles. The number of amides is 1. The first-order chi connectivity index (χ1) is 8.71. The lowest BCUT2D eigenvalue weighted by Gasteiger charge is -2.24. The zero-order valence-corrected chi connectivity index (χ0v) is 11.8. The van der Waals surface area contributed by atoms with E-state index in [1.165, 1.54) is 18.2 Å². The highest BCUT2D eigenvalue weighted by Gasteiger charge is 2.39. The molecule has 1 aliphatic rings. The molecule has 1 amide bonds. The second-order valence-corrected chi connectivity index (χ2v) is 7.54. The highest BCUT2D eigenvalue weighted by Crippen LogP contribution is 2.24. The summed E-state index contributed by atoms with van der Waals surface area (Å²) in [5.41, 5.74) is 0.394. The number of sulfone groups is 1. The minimum absolute atomic E-state index is 0.0249. The molecular formula is C13H17NO4S. The van der Waals surface area contributed by atoms with Gasteiger partial charge in [0.1, 0.15) is 5.75 Å². The number of phenols is 1. The second kappa shape index (κ2) is 4.52. The zero-order chi connectivity index (χ0) is 14.3. The van der Waals surface area contributed by atoms with Crippen LogP contribution in [0.25, 0.3) is 0 Å². The lowest BCUT2D eigenvalue weighted by atomic mass is 10.00. The monoisotopic (exact) mass is 283 g/mol. The molecule has 2 rings (SSSR count). The Morgan fingerprint density at radius 2 is 2.11 bits per heavy atom. The minimum Gasteiger partial charge on any atom is -0.508 e. The highest BCUT2D eigenvalue weighted by atomic mass is 32.2. The quantitative estimate of drug-likeness (QED) is 0.848. The highest BCUT2D eigenvalue weighted by molar-refractivity contribution is 7.91. The molecule has 1 unspecified atom stereocenters. The first-order valence-corrected chi connectivity index (χ1v) is 7.85. The summed E-state index contributed by atoms with van der Waals surface area (Å²) >= 11 is 0. The standard InChI is InChI=1S/C13H17NO4S/c1-9-7-10(15)3-4-11(9)12(16)14-13(2)5-6-19(17,18)8-13/h3-4,7,15H,5-6,8H2,1-2H3,(H,14,16). The molecule has 1 aromatic carbocycles. The van der Waals surface area contributed by atoms with Crippen LogP contribution in [0.4, 0.5) is 0 Å². The van der Waals surface area contributed by atoms with E-state index in [2.05, 4.69) is 5.32 Å². The Bertz CT molecular complexity index is 624. The number of carbonyl (C=O) groups is 1. The van der Waals surface area contributed by atoms with E-state index >= 15 is 0 Å². The van der Waals surface area contributed by atoms with Crippen molar-refractivity contribution in [2.24, 2.45) is 0 Å². The zero-order valence-electron chi connectivity index (χ0n) is 10.9. The number of rotatable bonds is 2. The van der Waals surface area contributed by atoms with E-state index in [1.54, 1.807) is 13.8 Å². The summed E-state index contributed by atoms with van der Waals surface area (Å²) in [5, 5.41) is 12.1. The van der Waals surface area contributed by atoms with E-state index in [0.29, 0.717) is 17.5 Å². The summed E-state index contributed by atoms with van der Waals surface area (Å²) < 4.78 is 23.0. The summed E-state index contributed by atoms with van der Waals surface area (Å²) in [7, 11) is -3.05. The van der Waals surface area contributed by atoms with Crippen LogP contribution in [-0.4, -0.2) is 36.5 Å². The third kappa shape index (κ3) is 3.07. The number of hydrogen-bond donors (Lipinski definition) is 2. The SMILES string of the molecule is Cc1cc(O)ccc1C(=O)NC1(C)CCS(=O)(=O)C1. The molecule has 104 valence electrons. The molecule has 0 aromatic heterocycles. The van der Waals surface area contributed by atoms with Gasteiger partial charge in [-0.3, -0.25) is 4.79 Å². The van der Waals surface area contributed by atoms with Gasteiger partial charge in [0.15, 0.2) is 9.84 Å². The number of nitrogens with one attached hydrogen (secondary N) is 1. The van der Waals surface area contributed by atoms with E-state index < -0.39 is 15.4 Å². The maximum Gasteiger partial charge on any atom is 0.252 e. The fraction of sp³-hybridized carbons (Fsp3) is 0.462. The normalized spacial score (nSPS) is 25.2. The number of aromatic hydroxyl groups is 1. The molecule has 0 bridgehead atoms. The molecule has 6 heteroatoms. The Kier molecular flexibility index (Phi) is 3.30. The van der Waals surface area contributed by atoms with Gasteiger partial charge in [-0.15, -0.1) is 0 Å². The molecule has 0 aliphatic carbocycles. The number of benzene rings is 1. The van der Waals surface area contributed by atoms with Crippen LogP contribution in [0, 0.1) is 6.92 Å². The second-order valence-electron chi connectivity index (χ2n) is 5.36. The van der Waals surface area contributed by atoms with E-state index in [0.717, 1.165) is 0 Å². The van der Waals surface area contributed by atoms with Crippen molar-refractivity contribution >= 4 is 15.7 Å². The van der Waals surface area contributed by atoms with Crippen molar-refractivity contribution in [2.75, 3.05) is 11.5 Å². The van der Waals surface area contributed by atoms with Crippen LogP contribution in [0.5, 0.6) is 5.75 Å². The molecule has 0 radical (unpaired) electrons. The largest absolute Gasteiger partial charge is 0.508 e. The van der Waals surface area contributed by atoms with Crippen molar-refractivity contribution in [1.82, 2.24) is 5.32 Å². The van der Waals surface area contributed by atoms with Gasteiger partial charge in [0.05, 0.1) is 17.0 Å². The first kappa shape index (κ1) is 13.9. The van der Waals surface area contributed by atoms with Crippen LogP contribution in [0.3, 0.4) is 0 Å². The van der Waals surface area contributed by atoms with Crippen LogP contribution in [0.15, 0.2) is 18.2 Å². The summed E-state index contributed by atoms with van der Waals surface area (Å²) in [6.07, 6.45) is 0.429. The third-order valence-electron chi connectivity index (χ3n) is 3.37. The van der Waals surface area contributed by atoms with Gasteiger partial charge < -0.3 is 10.4 Å². The molecular weight excluding hydrogens is 266 g/mol. The van der Waals surface area contributed by atoms with Gasteiger partial charge in [0, 0.05) is 5.56 Å². The number of aryl methyl sites for hydroxylation is 1. The van der Waals surface area contributed by atoms with Gasteiger partial charge >= 0.3 is 0 Å². The fourth-order valence-electron chi connectivity index (χ4n) is 2.35. The van der Waals surface area contributed by atoms with E-state index in [9.17, 15) is 18.3 Å². The molecule has 1 atom stereocenters. The molecule has 5 nitrogen and oxygen atoms in total. The lowest BCUT2D eigenvalue weighted by molar-refractivity contribution is 0.0915. The Labute approximate surface area is 112 Å². The summed E-state index contributed by atoms with van der Waals surface area (Å²) in [5.74, 6) is -0.123. The van der Waals surface area contributed by atoms with Gasteiger partial charge in [-0.05, 0) is 44.0 Å². The molecule has 1 saturated heterocycles. The van der Waals surface area contributed by atoms with E-state index in [4.69, 9.17) is 0 Å². The van der Waals surface area contributed by atoms with E-state index in [1.807, 2.05) is 0 Å². The smallest absolute Gasteiger partial charge is 0.252 e. The molecule has 1 heterocycles. The number of phenolic OH excluding ortho intramolecular Hbond substituents is 1. The first-order valence-electron chi connectivity index (χ1n) is 6.03. The molecule has 2 N–H and O–H groups in total. The van der Waals surface area contributed by atoms with Crippen molar-refractivity contribution in [3.8, 4) is 5.75 Å². The number of hydrogen-bond acceptors (Lipinski definition) is 4. The van der Waals surface area contributed by atoms with Crippen LogP contribution in [0.2, 0.25) is 0 Å². The third-order valence-corrected chi connectivity index (χ3v) is 5.28. The maximum absolute atomic E-state index is 12.2. The Morgan fingerprint density at radius 3 is 2.63 bits per heavy atom. The van der Waals surface area contributed by atoms with Gasteiger partial charge in [-0.25, -0.2) is 8.42 Å². The molecule has 0 spiro atoms. The van der Waals surface area contributed by atoms with Gasteiger partial charge in [-0.1, -0.05) is 0 Å². The van der Waals surface area contributed by atoms with E-state index in [-0.39, 0.29) is 23.2 Å². The molecule has 19 heavy (non-hydrogen) atoms. The summed E-state index contributed by atoms with van der Waals surface area (Å²) in [6, 6.07) is 4.48. The van der Waals surface area contributed by atoms with Gasteiger partial charge in [-0.2, -0.15) is 0 Å². The summed E-state index contributed by atoms with van der Waals surface area (Å²) in [6.45, 7) is 3.47. The predicted octanol–water partition coefficient (Wildman–Crippen LogP) is 1.01. The van der Waals surface area contributed by atoms with Crippen LogP contribution in [0.1, 0.15) is 29.3 Å². The van der Waals surface area contributed by atoms with Gasteiger partial charge in [0.2, 0.25) is 0 Å². The lowest BCUT2D eigenvalue weighted by Crippen LogP contribution is -2.47. The topological polar surface area (TPSA) is 83.5 Å². The maximum atomic E-state index is 12.2. The number of carbonyl (C=O) groups excluding carboxylic acids is 1. The molecule has 1 fully saturated rings. The average molecular weight is 283 g/mol. The minimum atomic E-state index is -3.05. The molecule has 1 aliphatic heterocycles. The predicted molar refractivity (Wildman–Crippen MR) is 72.0 cm³/mol. The Morgan fingerprint density at radius 1 is 1.42 bits per heavy atom. The Hall–Kier alpha value is -1.56. The van der Waals surface area contributed by atoms with Crippen LogP contribution >= 0.6 is 0 Å². The summed E-state index contributed by atoms with van der Waals surface area (Å²) in [4.78, 5) is 12.2. The van der Waals surface area contributed by atoms with Crippen LogP contribution < -0.4 is 5.32 Å². The van der Waals surface area contributed by atoms with Gasteiger partial charge in [0.25, 0.3) is 5.91 Å². The Balaban J connectivity index is 2.18. The van der Waals surface area contributed by atoms with Crippen molar-refractivity contribution in [2.45, 2.75) is 25.8 Å².